The van der Waals surface area contributed by atoms with E-state index in [0.29, 0.717) is 18.7 Å². The molecule has 0 radical (unpaired) electrons. The van der Waals surface area contributed by atoms with E-state index in [0.717, 1.165) is 16.8 Å². The van der Waals surface area contributed by atoms with Gasteiger partial charge < -0.3 is 4.90 Å². The van der Waals surface area contributed by atoms with E-state index in [9.17, 15) is 18.0 Å². The quantitative estimate of drug-likeness (QED) is 0.593. The average Bonchev–Trinajstić information content (AvgIpc) is 3.30. The van der Waals surface area contributed by atoms with Gasteiger partial charge in [-0.2, -0.15) is 13.2 Å². The van der Waals surface area contributed by atoms with Gasteiger partial charge in [0.1, 0.15) is 10.7 Å². The fraction of sp³-hybridized carbons (Fsp3) is 0.278. The Balaban J connectivity index is 1.67. The van der Waals surface area contributed by atoms with Crippen LogP contribution in [0, 0.1) is 0 Å². The lowest BCUT2D eigenvalue weighted by Crippen LogP contribution is -2.39. The van der Waals surface area contributed by atoms with Crippen molar-refractivity contribution < 1.29 is 18.0 Å². The van der Waals surface area contributed by atoms with Crippen LogP contribution in [0.1, 0.15) is 40.3 Å². The Morgan fingerprint density at radius 2 is 2.07 bits per heavy atom. The lowest BCUT2D eigenvalue weighted by atomic mass is 10.0. The summed E-state index contributed by atoms with van der Waals surface area (Å²) in [6.45, 7) is 2.11. The van der Waals surface area contributed by atoms with Crippen LogP contribution in [0.25, 0.3) is 5.00 Å². The van der Waals surface area contributed by atoms with Crippen LogP contribution in [-0.4, -0.2) is 32.3 Å². The highest BCUT2D eigenvalue weighted by atomic mass is 35.5. The number of hydrogen-bond donors (Lipinski definition) is 0. The molecule has 5 nitrogen and oxygen atoms in total. The first-order valence-electron chi connectivity index (χ1n) is 8.44. The third-order valence-electron chi connectivity index (χ3n) is 4.76. The average molecular weight is 427 g/mol. The molecule has 0 aliphatic carbocycles. The van der Waals surface area contributed by atoms with Gasteiger partial charge in [-0.05, 0) is 36.6 Å². The third-order valence-corrected chi connectivity index (χ3v) is 6.01. The predicted molar refractivity (Wildman–Crippen MR) is 98.8 cm³/mol. The number of nitrogens with zero attached hydrogens (tertiary/aromatic N) is 4. The van der Waals surface area contributed by atoms with E-state index in [1.54, 1.807) is 11.6 Å². The van der Waals surface area contributed by atoms with Crippen molar-refractivity contribution in [1.29, 1.82) is 0 Å². The van der Waals surface area contributed by atoms with Crippen molar-refractivity contribution >= 4 is 28.8 Å². The number of thiophene rings is 1. The highest BCUT2D eigenvalue weighted by molar-refractivity contribution is 7.12. The summed E-state index contributed by atoms with van der Waals surface area (Å²) < 4.78 is 41.1. The van der Waals surface area contributed by atoms with Crippen LogP contribution in [0.2, 0.25) is 5.02 Å². The minimum atomic E-state index is -4.63. The molecule has 0 saturated heterocycles. The van der Waals surface area contributed by atoms with E-state index in [2.05, 4.69) is 10.3 Å². The van der Waals surface area contributed by atoms with Crippen LogP contribution in [0.3, 0.4) is 0 Å². The van der Waals surface area contributed by atoms with E-state index >= 15 is 0 Å². The summed E-state index contributed by atoms with van der Waals surface area (Å²) in [5, 5.41) is 10.7. The molecule has 28 heavy (non-hydrogen) atoms. The highest BCUT2D eigenvalue weighted by Gasteiger charge is 2.37. The number of alkyl halides is 3. The number of halogens is 4. The molecule has 2 aromatic heterocycles. The Kier molecular flexibility index (Phi) is 4.67. The van der Waals surface area contributed by atoms with Gasteiger partial charge in [0, 0.05) is 13.0 Å². The molecule has 0 spiro atoms. The molecular formula is C18H14ClF3N4OS. The molecule has 0 saturated carbocycles. The number of carbonyl (C=O) groups is 1. The van der Waals surface area contributed by atoms with Crippen molar-refractivity contribution in [3.8, 4) is 5.00 Å². The van der Waals surface area contributed by atoms with Gasteiger partial charge in [0.15, 0.2) is 0 Å². The molecule has 0 fully saturated rings. The van der Waals surface area contributed by atoms with Gasteiger partial charge in [-0.1, -0.05) is 22.9 Å². The van der Waals surface area contributed by atoms with Crippen LogP contribution in [0.4, 0.5) is 13.2 Å². The molecule has 146 valence electrons. The van der Waals surface area contributed by atoms with Crippen molar-refractivity contribution in [1.82, 2.24) is 19.9 Å². The van der Waals surface area contributed by atoms with Gasteiger partial charge in [-0.15, -0.1) is 16.4 Å². The summed E-state index contributed by atoms with van der Waals surface area (Å²) in [6, 6.07) is 6.76. The minimum Gasteiger partial charge on any atom is -0.330 e. The number of hydrogen-bond acceptors (Lipinski definition) is 4. The highest BCUT2D eigenvalue weighted by Crippen LogP contribution is 2.38. The number of carbonyl (C=O) groups excluding carboxylic acids is 1. The molecule has 0 bridgehead atoms. The van der Waals surface area contributed by atoms with Gasteiger partial charge in [0.05, 0.1) is 27.9 Å². The first kappa shape index (κ1) is 18.9. The summed E-state index contributed by atoms with van der Waals surface area (Å²) in [5.41, 5.74) is 0.344. The molecule has 0 N–H and O–H groups in total. The fourth-order valence-electron chi connectivity index (χ4n) is 3.36. The van der Waals surface area contributed by atoms with Gasteiger partial charge in [0.2, 0.25) is 0 Å². The standard InChI is InChI=1S/C18H14ClF3N4OS/c1-10-16-13(26(24-23-16)14-6-3-9-28-14)7-8-25(10)17(27)11-4-2-5-12(15(11)19)18(20,21)22/h2-6,9-10H,7-8H2,1H3/t10-/m0/s1. The molecule has 10 heteroatoms. The van der Waals surface area contributed by atoms with Crippen molar-refractivity contribution in [2.75, 3.05) is 6.54 Å². The zero-order valence-electron chi connectivity index (χ0n) is 14.6. The molecule has 1 aliphatic heterocycles. The first-order valence-corrected chi connectivity index (χ1v) is 9.70. The van der Waals surface area contributed by atoms with Gasteiger partial charge in [0.25, 0.3) is 5.91 Å². The van der Waals surface area contributed by atoms with Crippen molar-refractivity contribution in [2.24, 2.45) is 0 Å². The van der Waals surface area contributed by atoms with Gasteiger partial charge in [-0.25, -0.2) is 4.68 Å². The fourth-order valence-corrected chi connectivity index (χ4v) is 4.37. The second-order valence-corrected chi connectivity index (χ2v) is 7.68. The Hall–Kier alpha value is -2.39. The SMILES string of the molecule is C[C@H]1c2nnn(-c3cccs3)c2CCN1C(=O)c1cccc(C(F)(F)F)c1Cl. The predicted octanol–water partition coefficient (Wildman–Crippen LogP) is 4.76. The molecule has 3 aromatic rings. The number of benzene rings is 1. The normalized spacial score (nSPS) is 16.9. The summed E-state index contributed by atoms with van der Waals surface area (Å²) in [4.78, 5) is 14.5. The number of aromatic nitrogens is 3. The Labute approximate surface area is 167 Å². The molecule has 1 aromatic carbocycles. The number of rotatable bonds is 2. The summed E-state index contributed by atoms with van der Waals surface area (Å²) >= 11 is 7.45. The van der Waals surface area contributed by atoms with Crippen molar-refractivity contribution in [3.63, 3.8) is 0 Å². The van der Waals surface area contributed by atoms with Gasteiger partial charge >= 0.3 is 6.18 Å². The van der Waals surface area contributed by atoms with Gasteiger partial charge in [-0.3, -0.25) is 4.79 Å². The lowest BCUT2D eigenvalue weighted by molar-refractivity contribution is -0.137. The molecule has 4 rings (SSSR count). The van der Waals surface area contributed by atoms with Crippen LogP contribution in [-0.2, 0) is 12.6 Å². The Bertz CT molecular complexity index is 1030. The summed E-state index contributed by atoms with van der Waals surface area (Å²) in [7, 11) is 0. The smallest absolute Gasteiger partial charge is 0.330 e. The van der Waals surface area contributed by atoms with E-state index in [-0.39, 0.29) is 5.56 Å². The monoisotopic (exact) mass is 426 g/mol. The maximum absolute atomic E-state index is 13.1. The van der Waals surface area contributed by atoms with E-state index < -0.39 is 28.7 Å². The lowest BCUT2D eigenvalue weighted by Gasteiger charge is -2.33. The van der Waals surface area contributed by atoms with E-state index in [1.807, 2.05) is 17.5 Å². The maximum atomic E-state index is 13.1. The van der Waals surface area contributed by atoms with Crippen LogP contribution >= 0.6 is 22.9 Å². The zero-order valence-corrected chi connectivity index (χ0v) is 16.1. The first-order chi connectivity index (χ1) is 13.3. The Morgan fingerprint density at radius 1 is 1.29 bits per heavy atom. The van der Waals surface area contributed by atoms with Crippen molar-refractivity contribution in [2.45, 2.75) is 25.6 Å². The molecule has 1 amide bonds. The number of amides is 1. The molecule has 0 unspecified atom stereocenters. The van der Waals surface area contributed by atoms with Crippen LogP contribution in [0.5, 0.6) is 0 Å². The van der Waals surface area contributed by atoms with E-state index in [1.165, 1.54) is 28.4 Å². The summed E-state index contributed by atoms with van der Waals surface area (Å²) in [6.07, 6.45) is -4.13. The van der Waals surface area contributed by atoms with Crippen molar-refractivity contribution in [3.05, 3.63) is 63.2 Å². The Morgan fingerprint density at radius 3 is 2.75 bits per heavy atom. The molecule has 1 atom stereocenters. The topological polar surface area (TPSA) is 51.0 Å². The minimum absolute atomic E-state index is 0.169. The molecule has 1 aliphatic rings. The molecular weight excluding hydrogens is 413 g/mol. The van der Waals surface area contributed by atoms with Crippen LogP contribution < -0.4 is 0 Å². The second kappa shape index (κ2) is 6.89. The zero-order chi connectivity index (χ0) is 20.1. The van der Waals surface area contributed by atoms with Crippen LogP contribution in [0.15, 0.2) is 35.7 Å². The maximum Gasteiger partial charge on any atom is 0.417 e. The summed E-state index contributed by atoms with van der Waals surface area (Å²) in [5.74, 6) is -0.556. The molecule has 3 heterocycles. The third kappa shape index (κ3) is 3.08. The number of fused-ring (bicyclic) bond motifs is 1. The van der Waals surface area contributed by atoms with E-state index in [4.69, 9.17) is 11.6 Å². The largest absolute Gasteiger partial charge is 0.417 e. The second-order valence-electron chi connectivity index (χ2n) is 6.37.